The first-order chi connectivity index (χ1) is 11.9. The standard InChI is InChI=1S/C18H20N2O3S2/c1-25(22,23)13-3-2-11-8-15(24-14(11)9-13)17(21)19-16-12-4-7-20(10-12)18(16)5-6-18/h2-3,8-9,12,16H,4-7,10H2,1H3,(H,19,21). The van der Waals surface area contributed by atoms with Crippen LogP contribution >= 0.6 is 11.3 Å². The molecule has 3 fully saturated rings. The van der Waals surface area contributed by atoms with Crippen molar-refractivity contribution in [1.82, 2.24) is 10.2 Å². The lowest BCUT2D eigenvalue weighted by Gasteiger charge is -2.33. The molecule has 3 atom stereocenters. The first-order valence-electron chi connectivity index (χ1n) is 8.66. The monoisotopic (exact) mass is 376 g/mol. The van der Waals surface area contributed by atoms with Crippen molar-refractivity contribution in [3.8, 4) is 0 Å². The van der Waals surface area contributed by atoms with Gasteiger partial charge in [0.25, 0.3) is 5.91 Å². The predicted molar refractivity (Wildman–Crippen MR) is 97.8 cm³/mol. The van der Waals surface area contributed by atoms with E-state index in [1.807, 2.05) is 6.07 Å². The molecule has 1 aromatic carbocycles. The van der Waals surface area contributed by atoms with Gasteiger partial charge >= 0.3 is 0 Å². The molecule has 5 nitrogen and oxygen atoms in total. The molecule has 25 heavy (non-hydrogen) atoms. The quantitative estimate of drug-likeness (QED) is 0.892. The highest BCUT2D eigenvalue weighted by atomic mass is 32.2. The molecule has 3 unspecified atom stereocenters. The second-order valence-electron chi connectivity index (χ2n) is 7.63. The third-order valence-corrected chi connectivity index (χ3v) is 8.30. The van der Waals surface area contributed by atoms with Gasteiger partial charge in [-0.25, -0.2) is 8.42 Å². The lowest BCUT2D eigenvalue weighted by molar-refractivity contribution is 0.0896. The minimum absolute atomic E-state index is 0.0212. The summed E-state index contributed by atoms with van der Waals surface area (Å²) in [5.74, 6) is 0.560. The van der Waals surface area contributed by atoms with Gasteiger partial charge in [-0.1, -0.05) is 6.07 Å². The van der Waals surface area contributed by atoms with E-state index in [2.05, 4.69) is 10.2 Å². The molecule has 1 N–H and O–H groups in total. The Bertz CT molecular complexity index is 991. The molecule has 3 aliphatic rings. The SMILES string of the molecule is CS(=O)(=O)c1ccc2cc(C(=O)NC3C4CCN(C4)C34CC4)sc2c1. The van der Waals surface area contributed by atoms with Gasteiger partial charge in [0.05, 0.1) is 15.8 Å². The summed E-state index contributed by atoms with van der Waals surface area (Å²) in [6, 6.07) is 7.19. The Morgan fingerprint density at radius 3 is 2.84 bits per heavy atom. The highest BCUT2D eigenvalue weighted by molar-refractivity contribution is 7.90. The van der Waals surface area contributed by atoms with E-state index in [1.165, 1.54) is 43.4 Å². The van der Waals surface area contributed by atoms with Gasteiger partial charge in [-0.3, -0.25) is 9.69 Å². The van der Waals surface area contributed by atoms with E-state index in [-0.39, 0.29) is 17.5 Å². The number of nitrogens with one attached hydrogen (secondary N) is 1. The van der Waals surface area contributed by atoms with Crippen LogP contribution < -0.4 is 5.32 Å². The molecule has 2 saturated heterocycles. The molecular weight excluding hydrogens is 356 g/mol. The molecule has 3 heterocycles. The summed E-state index contributed by atoms with van der Waals surface area (Å²) in [6.07, 6.45) is 4.77. The van der Waals surface area contributed by atoms with Crippen LogP contribution in [0.1, 0.15) is 28.9 Å². The molecule has 1 aromatic heterocycles. The summed E-state index contributed by atoms with van der Waals surface area (Å²) >= 11 is 1.37. The maximum absolute atomic E-state index is 12.8. The second-order valence-corrected chi connectivity index (χ2v) is 10.7. The number of sulfone groups is 1. The summed E-state index contributed by atoms with van der Waals surface area (Å²) in [5, 5.41) is 4.21. The van der Waals surface area contributed by atoms with E-state index < -0.39 is 9.84 Å². The summed E-state index contributed by atoms with van der Waals surface area (Å²) in [5.41, 5.74) is 0.235. The summed E-state index contributed by atoms with van der Waals surface area (Å²) < 4.78 is 24.3. The van der Waals surface area contributed by atoms with Crippen LogP contribution in [0, 0.1) is 5.92 Å². The Hall–Kier alpha value is -1.44. The Balaban J connectivity index is 1.42. The minimum Gasteiger partial charge on any atom is -0.346 e. The number of thiophene rings is 1. The molecule has 2 aliphatic heterocycles. The first-order valence-corrected chi connectivity index (χ1v) is 11.4. The Morgan fingerprint density at radius 2 is 2.12 bits per heavy atom. The molecule has 1 amide bonds. The largest absolute Gasteiger partial charge is 0.346 e. The van der Waals surface area contributed by atoms with Crippen molar-refractivity contribution in [3.63, 3.8) is 0 Å². The van der Waals surface area contributed by atoms with Gasteiger partial charge in [0, 0.05) is 23.0 Å². The van der Waals surface area contributed by atoms with Gasteiger partial charge in [0.2, 0.25) is 0 Å². The maximum atomic E-state index is 12.8. The third kappa shape index (κ3) is 2.36. The van der Waals surface area contributed by atoms with Crippen LogP contribution in [0.2, 0.25) is 0 Å². The van der Waals surface area contributed by atoms with Gasteiger partial charge in [0.1, 0.15) is 0 Å². The molecule has 132 valence electrons. The van der Waals surface area contributed by atoms with Crippen LogP contribution in [0.5, 0.6) is 0 Å². The molecule has 1 saturated carbocycles. The average molecular weight is 377 g/mol. The van der Waals surface area contributed by atoms with Crippen LogP contribution in [0.25, 0.3) is 10.1 Å². The highest BCUT2D eigenvalue weighted by Crippen LogP contribution is 2.55. The number of carbonyl (C=O) groups is 1. The number of piperidine rings is 1. The second kappa shape index (κ2) is 5.05. The zero-order valence-electron chi connectivity index (χ0n) is 14.0. The van der Waals surface area contributed by atoms with Gasteiger partial charge in [0.15, 0.2) is 9.84 Å². The lowest BCUT2D eigenvalue weighted by atomic mass is 9.92. The van der Waals surface area contributed by atoms with E-state index in [9.17, 15) is 13.2 Å². The first kappa shape index (κ1) is 15.8. The van der Waals surface area contributed by atoms with Gasteiger partial charge in [-0.05, 0) is 55.3 Å². The lowest BCUT2D eigenvalue weighted by Crippen LogP contribution is -2.51. The highest BCUT2D eigenvalue weighted by Gasteiger charge is 2.63. The average Bonchev–Trinajstić information content (AvgIpc) is 2.96. The molecule has 2 aromatic rings. The number of hydrogen-bond donors (Lipinski definition) is 1. The number of hydrogen-bond acceptors (Lipinski definition) is 5. The van der Waals surface area contributed by atoms with E-state index in [0.717, 1.165) is 16.6 Å². The van der Waals surface area contributed by atoms with Crippen LogP contribution in [-0.2, 0) is 9.84 Å². The van der Waals surface area contributed by atoms with Crippen LogP contribution in [-0.4, -0.2) is 50.2 Å². The number of carbonyl (C=O) groups excluding carboxylic acids is 1. The smallest absolute Gasteiger partial charge is 0.261 e. The van der Waals surface area contributed by atoms with Crippen LogP contribution in [0.3, 0.4) is 0 Å². The van der Waals surface area contributed by atoms with Crippen LogP contribution in [0.4, 0.5) is 0 Å². The van der Waals surface area contributed by atoms with E-state index in [1.54, 1.807) is 18.2 Å². The fourth-order valence-electron chi connectivity index (χ4n) is 4.67. The van der Waals surface area contributed by atoms with Crippen LogP contribution in [0.15, 0.2) is 29.2 Å². The topological polar surface area (TPSA) is 66.5 Å². The molecule has 1 aliphatic carbocycles. The normalized spacial score (nSPS) is 29.4. The van der Waals surface area contributed by atoms with Crippen molar-refractivity contribution in [1.29, 1.82) is 0 Å². The fraction of sp³-hybridized carbons (Fsp3) is 0.500. The minimum atomic E-state index is -3.24. The number of amides is 1. The Morgan fingerprint density at radius 1 is 1.32 bits per heavy atom. The zero-order chi connectivity index (χ0) is 17.4. The predicted octanol–water partition coefficient (Wildman–Crippen LogP) is 2.27. The molecule has 7 heteroatoms. The van der Waals surface area contributed by atoms with E-state index in [0.29, 0.717) is 15.7 Å². The molecule has 2 bridgehead atoms. The third-order valence-electron chi connectivity index (χ3n) is 6.10. The van der Waals surface area contributed by atoms with Gasteiger partial charge in [-0.2, -0.15) is 0 Å². The van der Waals surface area contributed by atoms with Crippen molar-refractivity contribution >= 4 is 37.2 Å². The van der Waals surface area contributed by atoms with E-state index in [4.69, 9.17) is 0 Å². The van der Waals surface area contributed by atoms with Crippen molar-refractivity contribution in [2.75, 3.05) is 19.3 Å². The van der Waals surface area contributed by atoms with Gasteiger partial charge in [-0.15, -0.1) is 11.3 Å². The van der Waals surface area contributed by atoms with Crippen molar-refractivity contribution < 1.29 is 13.2 Å². The summed E-state index contributed by atoms with van der Waals surface area (Å²) in [7, 11) is -3.24. The molecule has 5 rings (SSSR count). The van der Waals surface area contributed by atoms with Crippen molar-refractivity contribution in [3.05, 3.63) is 29.1 Å². The fourth-order valence-corrected chi connectivity index (χ4v) is 6.40. The number of benzene rings is 1. The Labute approximate surface area is 150 Å². The summed E-state index contributed by atoms with van der Waals surface area (Å²) in [6.45, 7) is 2.29. The molecule has 1 spiro atoms. The summed E-state index contributed by atoms with van der Waals surface area (Å²) in [4.78, 5) is 16.3. The number of fused-ring (bicyclic) bond motifs is 4. The maximum Gasteiger partial charge on any atom is 0.261 e. The molecular formula is C18H20N2O3S2. The van der Waals surface area contributed by atoms with Crippen molar-refractivity contribution in [2.45, 2.75) is 35.7 Å². The number of rotatable bonds is 3. The zero-order valence-corrected chi connectivity index (χ0v) is 15.6. The van der Waals surface area contributed by atoms with E-state index >= 15 is 0 Å². The van der Waals surface area contributed by atoms with Gasteiger partial charge < -0.3 is 5.32 Å². The molecule has 0 radical (unpaired) electrons. The van der Waals surface area contributed by atoms with Crippen molar-refractivity contribution in [2.24, 2.45) is 5.92 Å². The Kier molecular flexibility index (Phi) is 3.19. The number of nitrogens with zero attached hydrogens (tertiary/aromatic N) is 1.